The first-order valence-corrected chi connectivity index (χ1v) is 10.8. The molecule has 2 amide bonds. The van der Waals surface area contributed by atoms with Gasteiger partial charge in [0.2, 0.25) is 5.91 Å². The zero-order valence-corrected chi connectivity index (χ0v) is 18.4. The Morgan fingerprint density at radius 2 is 1.62 bits per heavy atom. The molecule has 0 atom stereocenters. The fourth-order valence-corrected chi connectivity index (χ4v) is 3.93. The number of halogens is 3. The van der Waals surface area contributed by atoms with E-state index in [1.54, 1.807) is 6.92 Å². The molecule has 0 saturated heterocycles. The van der Waals surface area contributed by atoms with Crippen molar-refractivity contribution in [1.29, 1.82) is 0 Å². The molecule has 0 N–H and O–H groups in total. The van der Waals surface area contributed by atoms with Gasteiger partial charge in [-0.05, 0) is 62.8 Å². The summed E-state index contributed by atoms with van der Waals surface area (Å²) in [6.45, 7) is 3.82. The third-order valence-corrected chi connectivity index (χ3v) is 5.63. The van der Waals surface area contributed by atoms with Crippen LogP contribution in [-0.2, 0) is 11.3 Å². The Hall–Kier alpha value is -2.87. The molecule has 0 bridgehead atoms. The van der Waals surface area contributed by atoms with Crippen molar-refractivity contribution in [3.63, 3.8) is 0 Å². The molecule has 0 spiro atoms. The largest absolute Gasteiger partial charge is 0.334 e. The van der Waals surface area contributed by atoms with Crippen molar-refractivity contribution in [3.8, 4) is 0 Å². The van der Waals surface area contributed by atoms with Gasteiger partial charge in [-0.2, -0.15) is 0 Å². The number of amides is 2. The van der Waals surface area contributed by atoms with Gasteiger partial charge in [0.05, 0.1) is 5.69 Å². The first-order valence-electron chi connectivity index (χ1n) is 10.8. The van der Waals surface area contributed by atoms with Crippen LogP contribution in [0, 0.1) is 17.5 Å². The Morgan fingerprint density at radius 1 is 0.938 bits per heavy atom. The SMILES string of the molecule is CCC(=O)N1CCCN(C)CCCN(C(=O)c2cccc(F)c2)Cc2cc(F)c(F)cc21. The van der Waals surface area contributed by atoms with Gasteiger partial charge in [0.1, 0.15) is 5.82 Å². The Bertz CT molecular complexity index is 983. The van der Waals surface area contributed by atoms with E-state index in [1.807, 2.05) is 7.05 Å². The van der Waals surface area contributed by atoms with E-state index in [9.17, 15) is 22.8 Å². The van der Waals surface area contributed by atoms with Gasteiger partial charge >= 0.3 is 0 Å². The molecule has 0 fully saturated rings. The van der Waals surface area contributed by atoms with Crippen LogP contribution >= 0.6 is 0 Å². The van der Waals surface area contributed by atoms with Crippen LogP contribution in [0.5, 0.6) is 0 Å². The fraction of sp³-hybridized carbons (Fsp3) is 0.417. The number of nitrogens with zero attached hydrogens (tertiary/aromatic N) is 3. The van der Waals surface area contributed by atoms with E-state index in [1.165, 1.54) is 28.0 Å². The molecular weight excluding hydrogens is 419 g/mol. The van der Waals surface area contributed by atoms with E-state index in [-0.39, 0.29) is 30.1 Å². The molecule has 1 aliphatic heterocycles. The van der Waals surface area contributed by atoms with Crippen molar-refractivity contribution < 1.29 is 22.8 Å². The van der Waals surface area contributed by atoms with Crippen molar-refractivity contribution >= 4 is 17.5 Å². The molecule has 32 heavy (non-hydrogen) atoms. The predicted molar refractivity (Wildman–Crippen MR) is 117 cm³/mol. The van der Waals surface area contributed by atoms with Gasteiger partial charge in [0.25, 0.3) is 5.91 Å². The van der Waals surface area contributed by atoms with E-state index < -0.39 is 23.4 Å². The van der Waals surface area contributed by atoms with Crippen LogP contribution in [0.25, 0.3) is 0 Å². The van der Waals surface area contributed by atoms with E-state index >= 15 is 0 Å². The van der Waals surface area contributed by atoms with Gasteiger partial charge in [0, 0.05) is 37.7 Å². The smallest absolute Gasteiger partial charge is 0.254 e. The number of rotatable bonds is 2. The molecule has 2 aromatic rings. The minimum atomic E-state index is -1.05. The quantitative estimate of drug-likeness (QED) is 0.693. The van der Waals surface area contributed by atoms with Gasteiger partial charge < -0.3 is 14.7 Å². The predicted octanol–water partition coefficient (Wildman–Crippen LogP) is 4.21. The number of anilines is 1. The van der Waals surface area contributed by atoms with E-state index in [2.05, 4.69) is 4.90 Å². The number of benzene rings is 2. The van der Waals surface area contributed by atoms with Crippen molar-refractivity contribution in [2.24, 2.45) is 0 Å². The van der Waals surface area contributed by atoms with Gasteiger partial charge in [-0.3, -0.25) is 9.59 Å². The highest BCUT2D eigenvalue weighted by Crippen LogP contribution is 2.28. The molecular formula is C24H28F3N3O2. The van der Waals surface area contributed by atoms with Crippen LogP contribution in [0.1, 0.15) is 42.1 Å². The molecule has 0 aliphatic carbocycles. The number of carbonyl (C=O) groups excluding carboxylic acids is 2. The molecule has 3 rings (SSSR count). The first kappa shape index (κ1) is 23.8. The minimum Gasteiger partial charge on any atom is -0.334 e. The fourth-order valence-electron chi connectivity index (χ4n) is 3.93. The van der Waals surface area contributed by atoms with Crippen LogP contribution in [0.15, 0.2) is 36.4 Å². The molecule has 5 nitrogen and oxygen atoms in total. The summed E-state index contributed by atoms with van der Waals surface area (Å²) in [5.41, 5.74) is 0.775. The second-order valence-corrected chi connectivity index (χ2v) is 8.04. The Kier molecular flexibility index (Phi) is 7.90. The lowest BCUT2D eigenvalue weighted by Gasteiger charge is -2.31. The monoisotopic (exact) mass is 447 g/mol. The lowest BCUT2D eigenvalue weighted by atomic mass is 10.1. The number of hydrogen-bond donors (Lipinski definition) is 0. The average Bonchev–Trinajstić information content (AvgIpc) is 2.76. The maximum atomic E-state index is 14.2. The molecule has 0 saturated carbocycles. The van der Waals surface area contributed by atoms with Crippen LogP contribution in [0.3, 0.4) is 0 Å². The summed E-state index contributed by atoms with van der Waals surface area (Å²) in [7, 11) is 1.96. The minimum absolute atomic E-state index is 0.0287. The summed E-state index contributed by atoms with van der Waals surface area (Å²) >= 11 is 0. The summed E-state index contributed by atoms with van der Waals surface area (Å²) < 4.78 is 42.1. The van der Waals surface area contributed by atoms with Gasteiger partial charge in [-0.15, -0.1) is 0 Å². The first-order chi connectivity index (χ1) is 15.3. The lowest BCUT2D eigenvalue weighted by molar-refractivity contribution is -0.118. The Morgan fingerprint density at radius 3 is 2.31 bits per heavy atom. The van der Waals surface area contributed by atoms with Crippen LogP contribution in [-0.4, -0.2) is 54.8 Å². The standard InChI is InChI=1S/C24H28F3N3O2/c1-3-23(31)30-12-6-10-28(2)9-5-11-29(24(32)17-7-4-8-19(25)13-17)16-18-14-20(26)21(27)15-22(18)30/h4,7-8,13-15H,3,5-6,9-12,16H2,1-2H3. The average molecular weight is 448 g/mol. The molecule has 1 heterocycles. The van der Waals surface area contributed by atoms with Gasteiger partial charge in [-0.1, -0.05) is 13.0 Å². The molecule has 2 aromatic carbocycles. The van der Waals surface area contributed by atoms with E-state index in [0.717, 1.165) is 24.7 Å². The second kappa shape index (κ2) is 10.6. The molecule has 0 radical (unpaired) electrons. The normalized spacial score (nSPS) is 16.2. The number of fused-ring (bicyclic) bond motifs is 1. The number of carbonyl (C=O) groups is 2. The summed E-state index contributed by atoms with van der Waals surface area (Å²) in [5, 5.41) is 0. The van der Waals surface area contributed by atoms with Crippen LogP contribution in [0.4, 0.5) is 18.9 Å². The molecule has 0 aromatic heterocycles. The lowest BCUT2D eigenvalue weighted by Crippen LogP contribution is -2.38. The zero-order valence-electron chi connectivity index (χ0n) is 18.4. The molecule has 0 unspecified atom stereocenters. The topological polar surface area (TPSA) is 43.9 Å². The second-order valence-electron chi connectivity index (χ2n) is 8.04. The van der Waals surface area contributed by atoms with Crippen molar-refractivity contribution in [2.75, 3.05) is 38.1 Å². The maximum absolute atomic E-state index is 14.2. The van der Waals surface area contributed by atoms with Crippen molar-refractivity contribution in [1.82, 2.24) is 9.80 Å². The van der Waals surface area contributed by atoms with Gasteiger partial charge in [-0.25, -0.2) is 13.2 Å². The number of hydrogen-bond acceptors (Lipinski definition) is 3. The van der Waals surface area contributed by atoms with E-state index in [0.29, 0.717) is 38.0 Å². The summed E-state index contributed by atoms with van der Waals surface area (Å²) in [4.78, 5) is 30.9. The van der Waals surface area contributed by atoms with Gasteiger partial charge in [0.15, 0.2) is 11.6 Å². The molecule has 1 aliphatic rings. The molecule has 172 valence electrons. The third-order valence-electron chi connectivity index (χ3n) is 5.63. The van der Waals surface area contributed by atoms with Crippen molar-refractivity contribution in [3.05, 3.63) is 65.0 Å². The summed E-state index contributed by atoms with van der Waals surface area (Å²) in [6, 6.07) is 7.46. The van der Waals surface area contributed by atoms with Crippen LogP contribution in [0.2, 0.25) is 0 Å². The highest BCUT2D eigenvalue weighted by Gasteiger charge is 2.24. The summed E-state index contributed by atoms with van der Waals surface area (Å²) in [5.74, 6) is -3.24. The highest BCUT2D eigenvalue weighted by molar-refractivity contribution is 5.95. The molecule has 8 heteroatoms. The van der Waals surface area contributed by atoms with E-state index in [4.69, 9.17) is 0 Å². The highest BCUT2D eigenvalue weighted by atomic mass is 19.2. The summed E-state index contributed by atoms with van der Waals surface area (Å²) in [6.07, 6.45) is 1.54. The van der Waals surface area contributed by atoms with Crippen molar-refractivity contribution in [2.45, 2.75) is 32.7 Å². The Labute approximate surface area is 186 Å². The Balaban J connectivity index is 2.05. The maximum Gasteiger partial charge on any atom is 0.254 e. The zero-order chi connectivity index (χ0) is 23.3. The third kappa shape index (κ3) is 5.68. The van der Waals surface area contributed by atoms with Crippen LogP contribution < -0.4 is 4.90 Å².